The van der Waals surface area contributed by atoms with Crippen molar-refractivity contribution in [3.63, 3.8) is 0 Å². The Morgan fingerprint density at radius 3 is 3.00 bits per heavy atom. The highest BCUT2D eigenvalue weighted by Gasteiger charge is 2.07. The number of aromatic nitrogens is 1. The topological polar surface area (TPSA) is 65.8 Å². The standard InChI is InChI=1S/C13H11N3OS/c14-9-10-3-1-5-12(16-10)13(17)15-7-6-11-4-2-8-18-11/h1-5,8H,6-7H2,(H,15,17). The molecule has 0 unspecified atom stereocenters. The monoisotopic (exact) mass is 257 g/mol. The molecule has 0 radical (unpaired) electrons. The molecule has 0 aliphatic rings. The molecular weight excluding hydrogens is 246 g/mol. The molecule has 0 fully saturated rings. The minimum atomic E-state index is -0.247. The zero-order chi connectivity index (χ0) is 12.8. The van der Waals surface area contributed by atoms with Crippen LogP contribution in [0, 0.1) is 11.3 Å². The minimum Gasteiger partial charge on any atom is -0.350 e. The van der Waals surface area contributed by atoms with Gasteiger partial charge in [0.1, 0.15) is 17.5 Å². The van der Waals surface area contributed by atoms with Gasteiger partial charge in [-0.3, -0.25) is 4.79 Å². The first-order valence-corrected chi connectivity index (χ1v) is 6.35. The molecule has 90 valence electrons. The zero-order valence-electron chi connectivity index (χ0n) is 9.59. The summed E-state index contributed by atoms with van der Waals surface area (Å²) in [4.78, 5) is 16.9. The first-order chi connectivity index (χ1) is 8.79. The van der Waals surface area contributed by atoms with Crippen molar-refractivity contribution in [1.29, 1.82) is 5.26 Å². The van der Waals surface area contributed by atoms with Crippen LogP contribution in [0.5, 0.6) is 0 Å². The summed E-state index contributed by atoms with van der Waals surface area (Å²) >= 11 is 1.67. The molecule has 2 rings (SSSR count). The number of pyridine rings is 1. The van der Waals surface area contributed by atoms with E-state index in [1.807, 2.05) is 23.6 Å². The molecule has 1 amide bonds. The molecule has 0 aliphatic carbocycles. The van der Waals surface area contributed by atoms with Gasteiger partial charge in [-0.1, -0.05) is 12.1 Å². The Labute approximate surface area is 109 Å². The van der Waals surface area contributed by atoms with Crippen LogP contribution < -0.4 is 5.32 Å². The van der Waals surface area contributed by atoms with E-state index in [-0.39, 0.29) is 17.3 Å². The Kier molecular flexibility index (Phi) is 4.05. The molecular formula is C13H11N3OS. The normalized spacial score (nSPS) is 9.72. The second-order valence-electron chi connectivity index (χ2n) is 3.61. The summed E-state index contributed by atoms with van der Waals surface area (Å²) in [6, 6.07) is 10.8. The predicted molar refractivity (Wildman–Crippen MR) is 69.3 cm³/mol. The maximum Gasteiger partial charge on any atom is 0.269 e. The van der Waals surface area contributed by atoms with Crippen molar-refractivity contribution >= 4 is 17.2 Å². The van der Waals surface area contributed by atoms with E-state index >= 15 is 0 Å². The molecule has 2 heterocycles. The molecule has 0 aliphatic heterocycles. The average Bonchev–Trinajstić information content (AvgIpc) is 2.92. The second-order valence-corrected chi connectivity index (χ2v) is 4.64. The molecule has 18 heavy (non-hydrogen) atoms. The second kappa shape index (κ2) is 5.94. The molecule has 2 aromatic rings. The Morgan fingerprint density at radius 2 is 2.28 bits per heavy atom. The van der Waals surface area contributed by atoms with Crippen LogP contribution in [-0.4, -0.2) is 17.4 Å². The van der Waals surface area contributed by atoms with Crippen molar-refractivity contribution in [2.24, 2.45) is 0 Å². The van der Waals surface area contributed by atoms with Crippen molar-refractivity contribution in [2.45, 2.75) is 6.42 Å². The first-order valence-electron chi connectivity index (χ1n) is 5.47. The van der Waals surface area contributed by atoms with E-state index < -0.39 is 0 Å². The number of amides is 1. The van der Waals surface area contributed by atoms with Gasteiger partial charge in [-0.25, -0.2) is 4.98 Å². The van der Waals surface area contributed by atoms with Crippen LogP contribution in [0.3, 0.4) is 0 Å². The molecule has 0 atom stereocenters. The van der Waals surface area contributed by atoms with E-state index in [0.29, 0.717) is 6.54 Å². The van der Waals surface area contributed by atoms with E-state index in [9.17, 15) is 4.79 Å². The minimum absolute atomic E-state index is 0.247. The van der Waals surface area contributed by atoms with Gasteiger partial charge in [0.15, 0.2) is 0 Å². The Balaban J connectivity index is 1.89. The van der Waals surface area contributed by atoms with Crippen molar-refractivity contribution in [3.8, 4) is 6.07 Å². The van der Waals surface area contributed by atoms with Crippen LogP contribution in [0.15, 0.2) is 35.7 Å². The fourth-order valence-electron chi connectivity index (χ4n) is 1.47. The molecule has 5 heteroatoms. The molecule has 2 aromatic heterocycles. The van der Waals surface area contributed by atoms with Gasteiger partial charge < -0.3 is 5.32 Å². The molecule has 0 saturated heterocycles. The third-order valence-corrected chi connectivity index (χ3v) is 3.27. The van der Waals surface area contributed by atoms with Crippen molar-refractivity contribution < 1.29 is 4.79 Å². The number of nitrogens with zero attached hydrogens (tertiary/aromatic N) is 2. The maximum absolute atomic E-state index is 11.8. The highest BCUT2D eigenvalue weighted by Crippen LogP contribution is 2.08. The molecule has 0 bridgehead atoms. The van der Waals surface area contributed by atoms with Crippen LogP contribution in [0.25, 0.3) is 0 Å². The lowest BCUT2D eigenvalue weighted by Gasteiger charge is -2.03. The van der Waals surface area contributed by atoms with Gasteiger partial charge in [0, 0.05) is 11.4 Å². The van der Waals surface area contributed by atoms with Crippen molar-refractivity contribution in [2.75, 3.05) is 6.54 Å². The van der Waals surface area contributed by atoms with Gasteiger partial charge in [0.25, 0.3) is 5.91 Å². The van der Waals surface area contributed by atoms with Gasteiger partial charge in [-0.05, 0) is 30.0 Å². The van der Waals surface area contributed by atoms with Gasteiger partial charge in [-0.15, -0.1) is 11.3 Å². The predicted octanol–water partition coefficient (Wildman–Crippen LogP) is 1.99. The number of nitrogens with one attached hydrogen (secondary N) is 1. The fraction of sp³-hybridized carbons (Fsp3) is 0.154. The summed E-state index contributed by atoms with van der Waals surface area (Å²) in [7, 11) is 0. The number of carbonyl (C=O) groups is 1. The van der Waals surface area contributed by atoms with E-state index in [0.717, 1.165) is 6.42 Å². The van der Waals surface area contributed by atoms with E-state index in [2.05, 4.69) is 10.3 Å². The summed E-state index contributed by atoms with van der Waals surface area (Å²) in [6.45, 7) is 0.567. The Bertz CT molecular complexity index is 572. The highest BCUT2D eigenvalue weighted by atomic mass is 32.1. The zero-order valence-corrected chi connectivity index (χ0v) is 10.4. The summed E-state index contributed by atoms with van der Waals surface area (Å²) in [6.07, 6.45) is 0.807. The lowest BCUT2D eigenvalue weighted by molar-refractivity contribution is 0.0949. The number of carbonyl (C=O) groups excluding carboxylic acids is 1. The third-order valence-electron chi connectivity index (χ3n) is 2.33. The summed E-state index contributed by atoms with van der Waals surface area (Å²) in [5, 5.41) is 13.5. The van der Waals surface area contributed by atoms with Crippen LogP contribution in [0.4, 0.5) is 0 Å². The molecule has 0 aromatic carbocycles. The molecule has 0 saturated carbocycles. The van der Waals surface area contributed by atoms with Gasteiger partial charge in [0.05, 0.1) is 0 Å². The van der Waals surface area contributed by atoms with Crippen LogP contribution in [0.1, 0.15) is 21.1 Å². The smallest absolute Gasteiger partial charge is 0.269 e. The largest absolute Gasteiger partial charge is 0.350 e. The van der Waals surface area contributed by atoms with Gasteiger partial charge >= 0.3 is 0 Å². The summed E-state index contributed by atoms with van der Waals surface area (Å²) in [5.74, 6) is -0.247. The number of nitriles is 1. The Morgan fingerprint density at radius 1 is 1.39 bits per heavy atom. The van der Waals surface area contributed by atoms with Crippen LogP contribution >= 0.6 is 11.3 Å². The lowest BCUT2D eigenvalue weighted by Crippen LogP contribution is -2.26. The lowest BCUT2D eigenvalue weighted by atomic mass is 10.3. The van der Waals surface area contributed by atoms with Crippen molar-refractivity contribution in [1.82, 2.24) is 10.3 Å². The quantitative estimate of drug-likeness (QED) is 0.910. The molecule has 4 nitrogen and oxygen atoms in total. The summed E-state index contributed by atoms with van der Waals surface area (Å²) in [5.41, 5.74) is 0.529. The highest BCUT2D eigenvalue weighted by molar-refractivity contribution is 7.09. The number of hydrogen-bond acceptors (Lipinski definition) is 4. The molecule has 0 spiro atoms. The van der Waals surface area contributed by atoms with E-state index in [4.69, 9.17) is 5.26 Å². The maximum atomic E-state index is 11.8. The molecule has 1 N–H and O–H groups in total. The third kappa shape index (κ3) is 3.15. The van der Waals surface area contributed by atoms with Crippen LogP contribution in [0.2, 0.25) is 0 Å². The number of thiophene rings is 1. The SMILES string of the molecule is N#Cc1cccc(C(=O)NCCc2cccs2)n1. The number of rotatable bonds is 4. The first kappa shape index (κ1) is 12.3. The van der Waals surface area contributed by atoms with Gasteiger partial charge in [-0.2, -0.15) is 5.26 Å². The van der Waals surface area contributed by atoms with E-state index in [1.54, 1.807) is 29.5 Å². The Hall–Kier alpha value is -2.19. The average molecular weight is 257 g/mol. The van der Waals surface area contributed by atoms with E-state index in [1.165, 1.54) is 4.88 Å². The van der Waals surface area contributed by atoms with Gasteiger partial charge in [0.2, 0.25) is 0 Å². The fourth-order valence-corrected chi connectivity index (χ4v) is 2.18. The van der Waals surface area contributed by atoms with Crippen molar-refractivity contribution in [3.05, 3.63) is 52.0 Å². The van der Waals surface area contributed by atoms with Crippen LogP contribution in [-0.2, 0) is 6.42 Å². The summed E-state index contributed by atoms with van der Waals surface area (Å²) < 4.78 is 0. The number of hydrogen-bond donors (Lipinski definition) is 1.